The van der Waals surface area contributed by atoms with Gasteiger partial charge in [0.2, 0.25) is 0 Å². The van der Waals surface area contributed by atoms with Crippen molar-refractivity contribution in [2.75, 3.05) is 6.54 Å². The van der Waals surface area contributed by atoms with Crippen molar-refractivity contribution in [3.8, 4) is 0 Å². The van der Waals surface area contributed by atoms with Crippen molar-refractivity contribution in [1.82, 2.24) is 0 Å². The molecule has 0 saturated carbocycles. The molecule has 0 radical (unpaired) electrons. The standard InChI is InChI=1S/C14H19N2O3P/c1-2-3-4-8-12-11-7-5-6-9-13(11)16-14(10-15-12)20(17,18)19/h5-7,9H,2-4,8,10H2,1H3,(H2,17,18,19). The quantitative estimate of drug-likeness (QED) is 0.646. The predicted molar refractivity (Wildman–Crippen MR) is 81.1 cm³/mol. The Labute approximate surface area is 118 Å². The van der Waals surface area contributed by atoms with E-state index < -0.39 is 7.60 Å². The normalized spacial score (nSPS) is 15.2. The third kappa shape index (κ3) is 3.63. The molecule has 5 nitrogen and oxygen atoms in total. The fourth-order valence-electron chi connectivity index (χ4n) is 2.15. The van der Waals surface area contributed by atoms with E-state index >= 15 is 0 Å². The third-order valence-corrected chi connectivity index (χ3v) is 4.14. The lowest BCUT2D eigenvalue weighted by atomic mass is 10.0. The number of aliphatic imine (C=N–C) groups is 2. The van der Waals surface area contributed by atoms with Gasteiger partial charge in [0, 0.05) is 11.3 Å². The van der Waals surface area contributed by atoms with E-state index in [0.29, 0.717) is 5.69 Å². The molecule has 0 aliphatic carbocycles. The van der Waals surface area contributed by atoms with Crippen LogP contribution in [0.2, 0.25) is 0 Å². The highest BCUT2D eigenvalue weighted by Gasteiger charge is 2.25. The maximum atomic E-state index is 11.4. The van der Waals surface area contributed by atoms with Crippen molar-refractivity contribution in [1.29, 1.82) is 0 Å². The molecule has 0 atom stereocenters. The van der Waals surface area contributed by atoms with E-state index in [4.69, 9.17) is 0 Å². The van der Waals surface area contributed by atoms with Gasteiger partial charge in [-0.05, 0) is 18.9 Å². The molecule has 1 aromatic carbocycles. The highest BCUT2D eigenvalue weighted by molar-refractivity contribution is 7.70. The molecule has 1 aliphatic heterocycles. The monoisotopic (exact) mass is 294 g/mol. The number of para-hydroxylation sites is 1. The van der Waals surface area contributed by atoms with Crippen molar-refractivity contribution in [3.63, 3.8) is 0 Å². The number of rotatable bonds is 5. The minimum Gasteiger partial charge on any atom is -0.320 e. The van der Waals surface area contributed by atoms with E-state index in [1.807, 2.05) is 18.2 Å². The Hall–Kier alpha value is -1.29. The molecule has 0 amide bonds. The molecular weight excluding hydrogens is 275 g/mol. The minimum absolute atomic E-state index is 0.0274. The molecule has 0 unspecified atom stereocenters. The van der Waals surface area contributed by atoms with Crippen LogP contribution in [0.3, 0.4) is 0 Å². The molecule has 2 N–H and O–H groups in total. The molecule has 1 aromatic rings. The van der Waals surface area contributed by atoms with Gasteiger partial charge >= 0.3 is 7.60 Å². The molecule has 1 aliphatic rings. The molecule has 2 rings (SSSR count). The summed E-state index contributed by atoms with van der Waals surface area (Å²) in [5, 5.41) is 0. The van der Waals surface area contributed by atoms with Crippen LogP contribution in [0, 0.1) is 0 Å². The van der Waals surface area contributed by atoms with Crippen molar-refractivity contribution in [2.24, 2.45) is 9.98 Å². The second kappa shape index (κ2) is 6.44. The number of hydrogen-bond donors (Lipinski definition) is 2. The van der Waals surface area contributed by atoms with Gasteiger partial charge in [0.1, 0.15) is 0 Å². The first kappa shape index (κ1) is 15.1. The Kier molecular flexibility index (Phi) is 4.86. The van der Waals surface area contributed by atoms with Gasteiger partial charge < -0.3 is 9.79 Å². The summed E-state index contributed by atoms with van der Waals surface area (Å²) in [5.41, 5.74) is 2.21. The Bertz CT molecular complexity index is 590. The van der Waals surface area contributed by atoms with Crippen LogP contribution in [0.1, 0.15) is 38.2 Å². The van der Waals surface area contributed by atoms with E-state index in [0.717, 1.165) is 37.0 Å². The summed E-state index contributed by atoms with van der Waals surface area (Å²) >= 11 is 0. The summed E-state index contributed by atoms with van der Waals surface area (Å²) in [6, 6.07) is 7.39. The average molecular weight is 294 g/mol. The van der Waals surface area contributed by atoms with Gasteiger partial charge in [0.05, 0.1) is 12.2 Å². The smallest absolute Gasteiger partial charge is 0.320 e. The fourth-order valence-corrected chi connectivity index (χ4v) is 2.65. The zero-order valence-corrected chi connectivity index (χ0v) is 12.4. The highest BCUT2D eigenvalue weighted by atomic mass is 31.2. The lowest BCUT2D eigenvalue weighted by molar-refractivity contribution is 0.390. The summed E-state index contributed by atoms with van der Waals surface area (Å²) in [4.78, 5) is 27.1. The molecule has 6 heteroatoms. The lowest BCUT2D eigenvalue weighted by Crippen LogP contribution is -2.05. The van der Waals surface area contributed by atoms with E-state index in [2.05, 4.69) is 16.9 Å². The molecule has 0 aromatic heterocycles. The molecule has 0 fully saturated rings. The van der Waals surface area contributed by atoms with E-state index in [9.17, 15) is 14.4 Å². The second-order valence-corrected chi connectivity index (χ2v) is 6.41. The number of nitrogens with zero attached hydrogens (tertiary/aromatic N) is 2. The first-order valence-electron chi connectivity index (χ1n) is 6.78. The van der Waals surface area contributed by atoms with E-state index in [-0.39, 0.29) is 12.0 Å². The van der Waals surface area contributed by atoms with Crippen LogP contribution in [0.5, 0.6) is 0 Å². The number of benzene rings is 1. The molecule has 108 valence electrons. The minimum atomic E-state index is -4.34. The van der Waals surface area contributed by atoms with Gasteiger partial charge in [-0.2, -0.15) is 0 Å². The van der Waals surface area contributed by atoms with E-state index in [1.54, 1.807) is 6.07 Å². The van der Waals surface area contributed by atoms with E-state index in [1.165, 1.54) is 0 Å². The maximum absolute atomic E-state index is 11.4. The van der Waals surface area contributed by atoms with Crippen LogP contribution in [0.25, 0.3) is 0 Å². The lowest BCUT2D eigenvalue weighted by Gasteiger charge is -2.07. The van der Waals surface area contributed by atoms with Crippen LogP contribution < -0.4 is 0 Å². The first-order valence-corrected chi connectivity index (χ1v) is 8.40. The Morgan fingerprint density at radius 3 is 2.70 bits per heavy atom. The highest BCUT2D eigenvalue weighted by Crippen LogP contribution is 2.40. The zero-order valence-electron chi connectivity index (χ0n) is 11.5. The van der Waals surface area contributed by atoms with Crippen LogP contribution >= 0.6 is 7.60 Å². The number of fused-ring (bicyclic) bond motifs is 1. The molecule has 20 heavy (non-hydrogen) atoms. The van der Waals surface area contributed by atoms with Gasteiger partial charge in [-0.3, -0.25) is 9.56 Å². The molecular formula is C14H19N2O3P. The van der Waals surface area contributed by atoms with Crippen molar-refractivity contribution >= 4 is 24.4 Å². The summed E-state index contributed by atoms with van der Waals surface area (Å²) in [6.07, 6.45) is 4.08. The van der Waals surface area contributed by atoms with Gasteiger partial charge in [0.15, 0.2) is 5.45 Å². The maximum Gasteiger partial charge on any atom is 0.372 e. The van der Waals surface area contributed by atoms with Crippen LogP contribution in [0.15, 0.2) is 34.3 Å². The van der Waals surface area contributed by atoms with Gasteiger partial charge in [0.25, 0.3) is 0 Å². The summed E-state index contributed by atoms with van der Waals surface area (Å²) < 4.78 is 11.4. The molecule has 0 spiro atoms. The zero-order chi connectivity index (χ0) is 14.6. The Balaban J connectivity index is 2.35. The molecule has 0 bridgehead atoms. The largest absolute Gasteiger partial charge is 0.372 e. The van der Waals surface area contributed by atoms with Crippen molar-refractivity contribution in [2.45, 2.75) is 32.6 Å². The first-order chi connectivity index (χ1) is 9.52. The van der Waals surface area contributed by atoms with Crippen molar-refractivity contribution in [3.05, 3.63) is 29.8 Å². The Morgan fingerprint density at radius 2 is 2.00 bits per heavy atom. The fraction of sp³-hybridized carbons (Fsp3) is 0.429. The predicted octanol–water partition coefficient (Wildman–Crippen LogP) is 3.28. The van der Waals surface area contributed by atoms with Crippen LogP contribution in [-0.2, 0) is 4.57 Å². The van der Waals surface area contributed by atoms with Crippen LogP contribution in [0.4, 0.5) is 5.69 Å². The van der Waals surface area contributed by atoms with Gasteiger partial charge in [-0.1, -0.05) is 38.0 Å². The SMILES string of the molecule is CCCCCC1=NCC(P(=O)(O)O)=Nc2ccccc21. The number of hydrogen-bond acceptors (Lipinski definition) is 3. The van der Waals surface area contributed by atoms with Crippen molar-refractivity contribution < 1.29 is 14.4 Å². The average Bonchev–Trinajstić information content (AvgIpc) is 2.59. The molecule has 1 heterocycles. The second-order valence-electron chi connectivity index (χ2n) is 4.81. The molecule has 0 saturated heterocycles. The summed E-state index contributed by atoms with van der Waals surface area (Å²) in [7, 11) is -4.34. The topological polar surface area (TPSA) is 82.2 Å². The summed E-state index contributed by atoms with van der Waals surface area (Å²) in [5.74, 6) is 0. The number of unbranched alkanes of at least 4 members (excludes halogenated alkanes) is 2. The van der Waals surface area contributed by atoms with Crippen LogP contribution in [-0.4, -0.2) is 27.5 Å². The third-order valence-electron chi connectivity index (χ3n) is 3.23. The van der Waals surface area contributed by atoms with Gasteiger partial charge in [-0.15, -0.1) is 0 Å². The Morgan fingerprint density at radius 1 is 1.25 bits per heavy atom. The summed E-state index contributed by atoms with van der Waals surface area (Å²) in [6.45, 7) is 2.11. The van der Waals surface area contributed by atoms with Gasteiger partial charge in [-0.25, -0.2) is 4.99 Å².